The third-order valence-electron chi connectivity index (χ3n) is 4.14. The molecule has 0 heterocycles. The van der Waals surface area contributed by atoms with Gasteiger partial charge in [-0.05, 0) is 30.7 Å². The van der Waals surface area contributed by atoms with Crippen LogP contribution in [0.25, 0.3) is 0 Å². The van der Waals surface area contributed by atoms with Crippen LogP contribution >= 0.6 is 0 Å². The van der Waals surface area contributed by atoms with Crippen molar-refractivity contribution in [1.29, 1.82) is 0 Å². The summed E-state index contributed by atoms with van der Waals surface area (Å²) in [5.74, 6) is -0.512. The van der Waals surface area contributed by atoms with Crippen molar-refractivity contribution in [3.63, 3.8) is 0 Å². The van der Waals surface area contributed by atoms with Crippen LogP contribution in [-0.2, 0) is 21.0 Å². The molecule has 1 atom stereocenters. The Kier molecular flexibility index (Phi) is 6.27. The zero-order valence-corrected chi connectivity index (χ0v) is 15.5. The lowest BCUT2D eigenvalue weighted by molar-refractivity contribution is -0.137. The maximum atomic E-state index is 12.8. The van der Waals surface area contributed by atoms with Gasteiger partial charge in [0, 0.05) is 7.05 Å². The summed E-state index contributed by atoms with van der Waals surface area (Å²) in [7, 11) is -2.73. The van der Waals surface area contributed by atoms with Gasteiger partial charge in [0.15, 0.2) is 0 Å². The summed E-state index contributed by atoms with van der Waals surface area (Å²) in [6.07, 6.45) is -4.66. The Morgan fingerprint density at radius 3 is 2.33 bits per heavy atom. The maximum Gasteiger partial charge on any atom is 0.416 e. The highest BCUT2D eigenvalue weighted by Crippen LogP contribution is 2.30. The van der Waals surface area contributed by atoms with E-state index in [1.54, 1.807) is 6.92 Å². The summed E-state index contributed by atoms with van der Waals surface area (Å²) < 4.78 is 64.8. The molecule has 1 N–H and O–H groups in total. The lowest BCUT2D eigenvalue weighted by Gasteiger charge is -2.25. The van der Waals surface area contributed by atoms with Crippen molar-refractivity contribution < 1.29 is 26.4 Å². The fourth-order valence-corrected chi connectivity index (χ4v) is 3.40. The first kappa shape index (κ1) is 20.9. The van der Waals surface area contributed by atoms with E-state index >= 15 is 0 Å². The van der Waals surface area contributed by atoms with E-state index in [9.17, 15) is 26.4 Å². The Bertz CT molecular complexity index is 900. The number of alkyl halides is 3. The summed E-state index contributed by atoms with van der Waals surface area (Å²) in [6.45, 7) is 1.22. The number of hydrogen-bond donors (Lipinski definition) is 1. The van der Waals surface area contributed by atoms with E-state index < -0.39 is 39.1 Å². The molecule has 0 aliphatic rings. The summed E-state index contributed by atoms with van der Waals surface area (Å²) in [5, 5.41) is 0. The first-order valence-electron chi connectivity index (χ1n) is 8.00. The molecule has 0 radical (unpaired) electrons. The standard InChI is InChI=1S/C18H19F3N2O3S/c1-13(14-7-4-3-5-8-14)23(2)17(24)12-22-27(25,26)16-10-6-9-15(11-16)18(19,20)21/h3-11,13,22H,12H2,1-2H3. The molecule has 2 aromatic rings. The van der Waals surface area contributed by atoms with Gasteiger partial charge in [-0.1, -0.05) is 36.4 Å². The van der Waals surface area contributed by atoms with Gasteiger partial charge in [-0.2, -0.15) is 13.2 Å². The molecule has 0 saturated carbocycles. The molecule has 27 heavy (non-hydrogen) atoms. The Morgan fingerprint density at radius 2 is 1.74 bits per heavy atom. The van der Waals surface area contributed by atoms with Crippen molar-refractivity contribution >= 4 is 15.9 Å². The average molecular weight is 400 g/mol. The maximum absolute atomic E-state index is 12.8. The minimum atomic E-state index is -4.66. The first-order valence-corrected chi connectivity index (χ1v) is 9.48. The third kappa shape index (κ3) is 5.30. The summed E-state index contributed by atoms with van der Waals surface area (Å²) in [6, 6.07) is 12.2. The molecule has 0 saturated heterocycles. The molecule has 5 nitrogen and oxygen atoms in total. The number of hydrogen-bond acceptors (Lipinski definition) is 3. The van der Waals surface area contributed by atoms with Crippen LogP contribution in [0, 0.1) is 0 Å². The lowest BCUT2D eigenvalue weighted by atomic mass is 10.1. The molecular weight excluding hydrogens is 381 g/mol. The fraction of sp³-hybridized carbons (Fsp3) is 0.278. The number of halogens is 3. The van der Waals surface area contributed by atoms with Crippen LogP contribution < -0.4 is 4.72 Å². The number of sulfonamides is 1. The van der Waals surface area contributed by atoms with Gasteiger partial charge < -0.3 is 4.90 Å². The van der Waals surface area contributed by atoms with Crippen LogP contribution in [0.1, 0.15) is 24.1 Å². The molecular formula is C18H19F3N2O3S. The molecule has 0 aromatic heterocycles. The molecule has 0 fully saturated rings. The minimum Gasteiger partial charge on any atom is -0.338 e. The number of carbonyl (C=O) groups excluding carboxylic acids is 1. The number of benzene rings is 2. The second-order valence-electron chi connectivity index (χ2n) is 5.94. The Labute approximate surface area is 155 Å². The zero-order chi connectivity index (χ0) is 20.2. The van der Waals surface area contributed by atoms with Crippen LogP contribution in [0.4, 0.5) is 13.2 Å². The van der Waals surface area contributed by atoms with E-state index in [4.69, 9.17) is 0 Å². The number of carbonyl (C=O) groups is 1. The van der Waals surface area contributed by atoms with Crippen molar-refractivity contribution in [3.05, 3.63) is 65.7 Å². The third-order valence-corrected chi connectivity index (χ3v) is 5.54. The summed E-state index contributed by atoms with van der Waals surface area (Å²) >= 11 is 0. The van der Waals surface area contributed by atoms with Gasteiger partial charge in [0.1, 0.15) is 0 Å². The van der Waals surface area contributed by atoms with E-state index in [-0.39, 0.29) is 6.04 Å². The number of nitrogens with zero attached hydrogens (tertiary/aromatic N) is 1. The van der Waals surface area contributed by atoms with Crippen LogP contribution in [0.15, 0.2) is 59.5 Å². The van der Waals surface area contributed by atoms with E-state index in [1.165, 1.54) is 11.9 Å². The SMILES string of the molecule is CC(c1ccccc1)N(C)C(=O)CNS(=O)(=O)c1cccc(C(F)(F)F)c1. The highest BCUT2D eigenvalue weighted by Gasteiger charge is 2.31. The number of likely N-dealkylation sites (N-methyl/N-ethyl adjacent to an activating group) is 1. The second-order valence-corrected chi connectivity index (χ2v) is 7.71. The van der Waals surface area contributed by atoms with Gasteiger partial charge in [0.25, 0.3) is 0 Å². The topological polar surface area (TPSA) is 66.5 Å². The molecule has 2 aromatic carbocycles. The summed E-state index contributed by atoms with van der Waals surface area (Å²) in [4.78, 5) is 13.1. The van der Waals surface area contributed by atoms with Crippen LogP contribution in [-0.4, -0.2) is 32.8 Å². The molecule has 0 spiro atoms. The first-order chi connectivity index (χ1) is 12.5. The normalized spacial score (nSPS) is 13.2. The van der Waals surface area contributed by atoms with Crippen LogP contribution in [0.2, 0.25) is 0 Å². The van der Waals surface area contributed by atoms with Gasteiger partial charge >= 0.3 is 6.18 Å². The molecule has 0 aliphatic carbocycles. The monoisotopic (exact) mass is 400 g/mol. The van der Waals surface area contributed by atoms with Gasteiger partial charge in [-0.3, -0.25) is 4.79 Å². The summed E-state index contributed by atoms with van der Waals surface area (Å²) in [5.41, 5.74) is -0.208. The minimum absolute atomic E-state index is 0.295. The molecule has 2 rings (SSSR count). The molecule has 146 valence electrons. The smallest absolute Gasteiger partial charge is 0.338 e. The van der Waals surface area contributed by atoms with Crippen molar-refractivity contribution in [3.8, 4) is 0 Å². The largest absolute Gasteiger partial charge is 0.416 e. The Balaban J connectivity index is 2.07. The number of rotatable bonds is 6. The molecule has 1 amide bonds. The quantitative estimate of drug-likeness (QED) is 0.810. The lowest BCUT2D eigenvalue weighted by Crippen LogP contribution is -2.39. The molecule has 1 unspecified atom stereocenters. The molecule has 0 bridgehead atoms. The van der Waals surface area contributed by atoms with Crippen molar-refractivity contribution in [2.75, 3.05) is 13.6 Å². The Morgan fingerprint density at radius 1 is 1.11 bits per heavy atom. The highest BCUT2D eigenvalue weighted by atomic mass is 32.2. The van der Waals surface area contributed by atoms with E-state index in [2.05, 4.69) is 4.72 Å². The van der Waals surface area contributed by atoms with Gasteiger partial charge in [0.05, 0.1) is 23.0 Å². The van der Waals surface area contributed by atoms with Crippen LogP contribution in [0.5, 0.6) is 0 Å². The zero-order valence-electron chi connectivity index (χ0n) is 14.7. The van der Waals surface area contributed by atoms with E-state index in [1.807, 2.05) is 30.3 Å². The van der Waals surface area contributed by atoms with E-state index in [0.29, 0.717) is 6.07 Å². The van der Waals surface area contributed by atoms with Gasteiger partial charge in [-0.15, -0.1) is 0 Å². The van der Waals surface area contributed by atoms with Crippen LogP contribution in [0.3, 0.4) is 0 Å². The van der Waals surface area contributed by atoms with Gasteiger partial charge in [-0.25, -0.2) is 13.1 Å². The molecule has 9 heteroatoms. The fourth-order valence-electron chi connectivity index (χ4n) is 2.38. The number of amides is 1. The van der Waals surface area contributed by atoms with E-state index in [0.717, 1.165) is 23.8 Å². The highest BCUT2D eigenvalue weighted by molar-refractivity contribution is 7.89. The van der Waals surface area contributed by atoms with Crippen molar-refractivity contribution in [1.82, 2.24) is 9.62 Å². The second kappa shape index (κ2) is 8.10. The number of nitrogens with one attached hydrogen (secondary N) is 1. The van der Waals surface area contributed by atoms with Crippen molar-refractivity contribution in [2.45, 2.75) is 24.0 Å². The molecule has 0 aliphatic heterocycles. The Hall–Kier alpha value is -2.39. The average Bonchev–Trinajstić information content (AvgIpc) is 2.65. The predicted octanol–water partition coefficient (Wildman–Crippen LogP) is 3.20. The van der Waals surface area contributed by atoms with Gasteiger partial charge in [0.2, 0.25) is 15.9 Å². The van der Waals surface area contributed by atoms with Crippen molar-refractivity contribution in [2.24, 2.45) is 0 Å². The predicted molar refractivity (Wildman–Crippen MR) is 94.3 cm³/mol.